The molecule has 0 bridgehead atoms. The topological polar surface area (TPSA) is 48.4 Å². The molecule has 20 heavy (non-hydrogen) atoms. The number of nitrogens with zero attached hydrogens (tertiary/aromatic N) is 2. The summed E-state index contributed by atoms with van der Waals surface area (Å²) in [4.78, 5) is 6.81. The Balaban J connectivity index is 1.62. The second-order valence-electron chi connectivity index (χ2n) is 5.08. The van der Waals surface area contributed by atoms with Crippen LogP contribution in [0.3, 0.4) is 0 Å². The molecule has 0 amide bonds. The summed E-state index contributed by atoms with van der Waals surface area (Å²) in [5.41, 5.74) is 1.85. The lowest BCUT2D eigenvalue weighted by atomic mass is 10.2. The number of phenolic OH excluding ortho intramolecular Hbond substituents is 1. The van der Waals surface area contributed by atoms with E-state index >= 15 is 0 Å². The Morgan fingerprint density at radius 2 is 1.90 bits per heavy atom. The van der Waals surface area contributed by atoms with Gasteiger partial charge >= 0.3 is 0 Å². The first-order valence-corrected chi connectivity index (χ1v) is 7.05. The van der Waals surface area contributed by atoms with Crippen LogP contribution < -0.4 is 10.2 Å². The van der Waals surface area contributed by atoms with E-state index in [-0.39, 0.29) is 0 Å². The molecule has 1 fully saturated rings. The zero-order valence-corrected chi connectivity index (χ0v) is 11.4. The average Bonchev–Trinajstić information content (AvgIpc) is 3.01. The molecule has 1 aliphatic heterocycles. The molecule has 0 radical (unpaired) electrons. The first kappa shape index (κ1) is 12.8. The lowest BCUT2D eigenvalue weighted by molar-refractivity contribution is 0.469. The molecule has 1 aromatic heterocycles. The van der Waals surface area contributed by atoms with Crippen LogP contribution >= 0.6 is 0 Å². The maximum absolute atomic E-state index is 9.71. The Morgan fingerprint density at radius 3 is 2.60 bits per heavy atom. The van der Waals surface area contributed by atoms with E-state index in [1.54, 1.807) is 6.07 Å². The van der Waals surface area contributed by atoms with E-state index in [0.717, 1.165) is 30.2 Å². The highest BCUT2D eigenvalue weighted by Crippen LogP contribution is 2.20. The number of anilines is 2. The second-order valence-corrected chi connectivity index (χ2v) is 5.08. The van der Waals surface area contributed by atoms with Crippen LogP contribution in [0, 0.1) is 0 Å². The third-order valence-electron chi connectivity index (χ3n) is 3.65. The van der Waals surface area contributed by atoms with Crippen LogP contribution in [0.25, 0.3) is 0 Å². The van der Waals surface area contributed by atoms with Crippen molar-refractivity contribution >= 4 is 11.5 Å². The fraction of sp³-hybridized carbons (Fsp3) is 0.312. The molecule has 3 rings (SSSR count). The van der Waals surface area contributed by atoms with Gasteiger partial charge in [0.05, 0.1) is 11.9 Å². The first-order valence-electron chi connectivity index (χ1n) is 7.05. The Labute approximate surface area is 119 Å². The van der Waals surface area contributed by atoms with Crippen LogP contribution in [0.1, 0.15) is 18.4 Å². The molecule has 0 saturated carbocycles. The predicted octanol–water partition coefficient (Wildman–Crippen LogP) is 3.00. The molecule has 0 spiro atoms. The summed E-state index contributed by atoms with van der Waals surface area (Å²) in [5, 5.41) is 13.0. The highest BCUT2D eigenvalue weighted by molar-refractivity contribution is 5.49. The molecule has 0 aliphatic carbocycles. The van der Waals surface area contributed by atoms with E-state index < -0.39 is 0 Å². The molecule has 1 aliphatic rings. The highest BCUT2D eigenvalue weighted by atomic mass is 16.3. The molecule has 1 saturated heterocycles. The van der Waals surface area contributed by atoms with Gasteiger partial charge < -0.3 is 15.3 Å². The molecule has 4 heteroatoms. The smallest absolute Gasteiger partial charge is 0.128 e. The van der Waals surface area contributed by atoms with Crippen LogP contribution in [0.4, 0.5) is 11.5 Å². The maximum Gasteiger partial charge on any atom is 0.128 e. The van der Waals surface area contributed by atoms with Crippen LogP contribution in [0.2, 0.25) is 0 Å². The highest BCUT2D eigenvalue weighted by Gasteiger charge is 2.12. The van der Waals surface area contributed by atoms with E-state index in [2.05, 4.69) is 21.3 Å². The van der Waals surface area contributed by atoms with Crippen molar-refractivity contribution in [2.75, 3.05) is 23.3 Å². The van der Waals surface area contributed by atoms with E-state index in [4.69, 9.17) is 0 Å². The van der Waals surface area contributed by atoms with Crippen LogP contribution in [0.15, 0.2) is 42.6 Å². The summed E-state index contributed by atoms with van der Waals surface area (Å²) in [5.74, 6) is 1.37. The molecule has 2 heterocycles. The number of aromatic hydroxyl groups is 1. The third-order valence-corrected chi connectivity index (χ3v) is 3.65. The van der Waals surface area contributed by atoms with Gasteiger partial charge in [-0.05, 0) is 31.0 Å². The Morgan fingerprint density at radius 1 is 1.10 bits per heavy atom. The Bertz CT molecular complexity index is 562. The molecule has 0 atom stereocenters. The van der Waals surface area contributed by atoms with Crippen LogP contribution in [0.5, 0.6) is 5.75 Å². The number of rotatable bonds is 4. The molecular weight excluding hydrogens is 250 g/mol. The van der Waals surface area contributed by atoms with Crippen molar-refractivity contribution in [3.8, 4) is 5.75 Å². The van der Waals surface area contributed by atoms with Crippen molar-refractivity contribution in [3.63, 3.8) is 0 Å². The van der Waals surface area contributed by atoms with Gasteiger partial charge in [0.15, 0.2) is 0 Å². The number of benzene rings is 1. The summed E-state index contributed by atoms with van der Waals surface area (Å²) < 4.78 is 0. The van der Waals surface area contributed by atoms with E-state index in [1.807, 2.05) is 30.5 Å². The number of nitrogens with one attached hydrogen (secondary N) is 1. The largest absolute Gasteiger partial charge is 0.508 e. The van der Waals surface area contributed by atoms with Gasteiger partial charge in [-0.2, -0.15) is 0 Å². The summed E-state index contributed by atoms with van der Waals surface area (Å²) in [6, 6.07) is 11.5. The number of para-hydroxylation sites is 1. The minimum absolute atomic E-state index is 0.321. The molecule has 4 nitrogen and oxygen atoms in total. The monoisotopic (exact) mass is 269 g/mol. The Kier molecular flexibility index (Phi) is 3.72. The fourth-order valence-corrected chi connectivity index (χ4v) is 2.48. The van der Waals surface area contributed by atoms with Crippen molar-refractivity contribution in [1.29, 1.82) is 0 Å². The van der Waals surface area contributed by atoms with Crippen molar-refractivity contribution < 1.29 is 5.11 Å². The van der Waals surface area contributed by atoms with Crippen LogP contribution in [-0.4, -0.2) is 23.2 Å². The molecule has 2 aromatic rings. The van der Waals surface area contributed by atoms with E-state index in [1.165, 1.54) is 12.8 Å². The number of hydrogen-bond donors (Lipinski definition) is 2. The number of phenols is 1. The van der Waals surface area contributed by atoms with Crippen molar-refractivity contribution in [2.24, 2.45) is 0 Å². The normalized spacial score (nSPS) is 14.5. The first-order chi connectivity index (χ1) is 9.83. The summed E-state index contributed by atoms with van der Waals surface area (Å²) >= 11 is 0. The maximum atomic E-state index is 9.71. The van der Waals surface area contributed by atoms with Gasteiger partial charge in [-0.25, -0.2) is 4.98 Å². The van der Waals surface area contributed by atoms with Gasteiger partial charge in [-0.15, -0.1) is 0 Å². The summed E-state index contributed by atoms with van der Waals surface area (Å²) in [6.45, 7) is 2.81. The third kappa shape index (κ3) is 2.85. The van der Waals surface area contributed by atoms with Crippen LogP contribution in [-0.2, 0) is 6.54 Å². The fourth-order valence-electron chi connectivity index (χ4n) is 2.48. The van der Waals surface area contributed by atoms with E-state index in [9.17, 15) is 5.11 Å². The SMILES string of the molecule is Oc1ccccc1CNc1ccc(N2CCCC2)nc1. The summed E-state index contributed by atoms with van der Waals surface area (Å²) in [6.07, 6.45) is 4.37. The lowest BCUT2D eigenvalue weighted by Gasteiger charge is -2.16. The Hall–Kier alpha value is -2.23. The number of pyridine rings is 1. The lowest BCUT2D eigenvalue weighted by Crippen LogP contribution is -2.18. The zero-order chi connectivity index (χ0) is 13.8. The number of aromatic nitrogens is 1. The molecule has 2 N–H and O–H groups in total. The minimum Gasteiger partial charge on any atom is -0.508 e. The molecule has 104 valence electrons. The van der Waals surface area contributed by atoms with Gasteiger partial charge in [-0.1, -0.05) is 18.2 Å². The van der Waals surface area contributed by atoms with Crippen molar-refractivity contribution in [2.45, 2.75) is 19.4 Å². The van der Waals surface area contributed by atoms with Gasteiger partial charge in [0, 0.05) is 25.2 Å². The average molecular weight is 269 g/mol. The summed E-state index contributed by atoms with van der Waals surface area (Å²) in [7, 11) is 0. The molecule has 1 aromatic carbocycles. The minimum atomic E-state index is 0.321. The van der Waals surface area contributed by atoms with Gasteiger partial charge in [-0.3, -0.25) is 0 Å². The standard InChI is InChI=1S/C16H19N3O/c20-15-6-2-1-5-13(15)11-17-14-7-8-16(18-12-14)19-9-3-4-10-19/h1-2,5-8,12,17,20H,3-4,9-11H2. The zero-order valence-electron chi connectivity index (χ0n) is 11.4. The van der Waals surface area contributed by atoms with Crippen molar-refractivity contribution in [1.82, 2.24) is 4.98 Å². The second kappa shape index (κ2) is 5.82. The molecule has 0 unspecified atom stereocenters. The van der Waals surface area contributed by atoms with Gasteiger partial charge in [0.2, 0.25) is 0 Å². The van der Waals surface area contributed by atoms with Crippen molar-refractivity contribution in [3.05, 3.63) is 48.2 Å². The van der Waals surface area contributed by atoms with Gasteiger partial charge in [0.1, 0.15) is 11.6 Å². The predicted molar refractivity (Wildman–Crippen MR) is 81.1 cm³/mol. The molecular formula is C16H19N3O. The number of hydrogen-bond acceptors (Lipinski definition) is 4. The quantitative estimate of drug-likeness (QED) is 0.896. The van der Waals surface area contributed by atoms with E-state index in [0.29, 0.717) is 12.3 Å². The van der Waals surface area contributed by atoms with Gasteiger partial charge in [0.25, 0.3) is 0 Å².